The summed E-state index contributed by atoms with van der Waals surface area (Å²) in [5.41, 5.74) is -1.03. The number of carboxylic acids is 1. The van der Waals surface area contributed by atoms with Gasteiger partial charge in [0.2, 0.25) is 11.8 Å². The molecule has 0 radical (unpaired) electrons. The molecule has 124 valence electrons. The van der Waals surface area contributed by atoms with Crippen LogP contribution in [0.25, 0.3) is 0 Å². The number of aromatic carboxylic acids is 1. The lowest BCUT2D eigenvalue weighted by atomic mass is 9.81. The number of rotatable bonds is 3. The molecule has 2 saturated carbocycles. The highest BCUT2D eigenvalue weighted by Crippen LogP contribution is 2.56. The van der Waals surface area contributed by atoms with E-state index in [1.165, 1.54) is 0 Å². The van der Waals surface area contributed by atoms with Crippen LogP contribution >= 0.6 is 0 Å². The molecule has 0 spiro atoms. The predicted octanol–water partition coefficient (Wildman–Crippen LogP) is 0.494. The minimum absolute atomic E-state index is 0.145. The highest BCUT2D eigenvalue weighted by atomic mass is 16.6. The quantitative estimate of drug-likeness (QED) is 0.452. The Morgan fingerprint density at radius 3 is 2.21 bits per heavy atom. The number of amides is 2. The number of carboxylic acid groups (broad SMARTS) is 1. The Labute approximate surface area is 136 Å². The molecule has 1 aliphatic heterocycles. The first-order valence-electron chi connectivity index (χ1n) is 7.77. The molecule has 1 aromatic carbocycles. The molecule has 2 amide bonds. The smallest absolute Gasteiger partial charge is 0.271 e. The summed E-state index contributed by atoms with van der Waals surface area (Å²) < 4.78 is 0. The van der Waals surface area contributed by atoms with Gasteiger partial charge in [-0.25, -0.2) is 4.90 Å². The zero-order chi connectivity index (χ0) is 17.2. The molecule has 2 bridgehead atoms. The van der Waals surface area contributed by atoms with Crippen LogP contribution in [-0.2, 0) is 9.59 Å². The number of hydrogen-bond acceptors (Lipinski definition) is 6. The fourth-order valence-electron chi connectivity index (χ4n) is 4.64. The van der Waals surface area contributed by atoms with Crippen LogP contribution < -0.4 is 10.0 Å². The van der Waals surface area contributed by atoms with Crippen molar-refractivity contribution in [3.05, 3.63) is 33.9 Å². The van der Waals surface area contributed by atoms with E-state index in [-0.39, 0.29) is 23.2 Å². The van der Waals surface area contributed by atoms with Crippen molar-refractivity contribution in [2.45, 2.75) is 19.3 Å². The first kappa shape index (κ1) is 14.8. The summed E-state index contributed by atoms with van der Waals surface area (Å²) >= 11 is 0. The van der Waals surface area contributed by atoms with Gasteiger partial charge in [0.1, 0.15) is 0 Å². The van der Waals surface area contributed by atoms with Crippen LogP contribution in [0.15, 0.2) is 18.2 Å². The lowest BCUT2D eigenvalue weighted by molar-refractivity contribution is -0.384. The number of fused-ring (bicyclic) bond motifs is 5. The SMILES string of the molecule is O=C([O-])c1ccc([N+](=O)[O-])cc1N1C(=O)[C@H]2[C@@H]3CC[C@@H](C3)[C@@H]2C1=O. The first-order chi connectivity index (χ1) is 11.4. The molecule has 1 saturated heterocycles. The standard InChI is InChI=1S/C16H14N2O6/c19-14-12-7-1-2-8(5-7)13(12)15(20)17(14)11-6-9(18(23)24)3-4-10(11)16(21)22/h3-4,6-8,12-13H,1-2,5H2,(H,21,22)/p-1/t7-,8+,12-,13-/m0/s1. The van der Waals surface area contributed by atoms with Crippen molar-refractivity contribution < 1.29 is 24.4 Å². The Balaban J connectivity index is 1.82. The summed E-state index contributed by atoms with van der Waals surface area (Å²) in [5, 5.41) is 22.3. The second-order valence-corrected chi connectivity index (χ2v) is 6.64. The Hall–Kier alpha value is -2.77. The highest BCUT2D eigenvalue weighted by molar-refractivity contribution is 6.24. The number of nitrogens with zero attached hydrogens (tertiary/aromatic N) is 2. The van der Waals surface area contributed by atoms with Gasteiger partial charge in [-0.05, 0) is 37.2 Å². The summed E-state index contributed by atoms with van der Waals surface area (Å²) in [6.07, 6.45) is 2.63. The third-order valence-electron chi connectivity index (χ3n) is 5.58. The number of hydrogen-bond donors (Lipinski definition) is 0. The number of carbonyl (C=O) groups excluding carboxylic acids is 3. The zero-order valence-corrected chi connectivity index (χ0v) is 12.5. The van der Waals surface area contributed by atoms with E-state index in [4.69, 9.17) is 0 Å². The number of benzene rings is 1. The van der Waals surface area contributed by atoms with Gasteiger partial charge in [-0.1, -0.05) is 0 Å². The van der Waals surface area contributed by atoms with E-state index in [0.29, 0.717) is 0 Å². The summed E-state index contributed by atoms with van der Waals surface area (Å²) in [6, 6.07) is 2.99. The maximum Gasteiger partial charge on any atom is 0.271 e. The molecule has 0 unspecified atom stereocenters. The monoisotopic (exact) mass is 329 g/mol. The highest BCUT2D eigenvalue weighted by Gasteiger charge is 2.61. The van der Waals surface area contributed by atoms with Gasteiger partial charge in [-0.3, -0.25) is 19.7 Å². The summed E-state index contributed by atoms with van der Waals surface area (Å²) in [7, 11) is 0. The Bertz CT molecular complexity index is 776. The number of imide groups is 1. The number of carbonyl (C=O) groups is 3. The molecule has 2 aliphatic carbocycles. The number of non-ortho nitro benzene ring substituents is 1. The molecular formula is C16H13N2O6-. The topological polar surface area (TPSA) is 121 Å². The molecule has 0 N–H and O–H groups in total. The zero-order valence-electron chi connectivity index (χ0n) is 12.5. The van der Waals surface area contributed by atoms with E-state index >= 15 is 0 Å². The van der Waals surface area contributed by atoms with Crippen LogP contribution in [0.3, 0.4) is 0 Å². The lowest BCUT2D eigenvalue weighted by Crippen LogP contribution is -2.35. The van der Waals surface area contributed by atoms with E-state index < -0.39 is 40.1 Å². The van der Waals surface area contributed by atoms with Gasteiger partial charge in [0.05, 0.1) is 28.4 Å². The van der Waals surface area contributed by atoms with Crippen molar-refractivity contribution in [2.75, 3.05) is 4.90 Å². The van der Waals surface area contributed by atoms with E-state index in [9.17, 15) is 29.6 Å². The van der Waals surface area contributed by atoms with Crippen molar-refractivity contribution in [1.29, 1.82) is 0 Å². The minimum atomic E-state index is -1.58. The molecule has 4 atom stereocenters. The molecule has 0 aromatic heterocycles. The maximum atomic E-state index is 12.8. The van der Waals surface area contributed by atoms with Gasteiger partial charge in [-0.2, -0.15) is 0 Å². The normalized spacial score (nSPS) is 30.8. The average Bonchev–Trinajstić information content (AvgIpc) is 3.20. The van der Waals surface area contributed by atoms with Crippen LogP contribution in [0.2, 0.25) is 0 Å². The van der Waals surface area contributed by atoms with Crippen LogP contribution in [0.5, 0.6) is 0 Å². The van der Waals surface area contributed by atoms with E-state index in [1.807, 2.05) is 0 Å². The molecule has 3 aliphatic rings. The Morgan fingerprint density at radius 1 is 1.12 bits per heavy atom. The maximum absolute atomic E-state index is 12.8. The Morgan fingerprint density at radius 2 is 1.71 bits per heavy atom. The molecule has 8 nitrogen and oxygen atoms in total. The molecule has 8 heteroatoms. The number of anilines is 1. The summed E-state index contributed by atoms with van der Waals surface area (Å²) in [4.78, 5) is 48.0. The largest absolute Gasteiger partial charge is 0.545 e. The van der Waals surface area contributed by atoms with Gasteiger partial charge >= 0.3 is 0 Å². The van der Waals surface area contributed by atoms with Crippen molar-refractivity contribution in [2.24, 2.45) is 23.7 Å². The van der Waals surface area contributed by atoms with Crippen molar-refractivity contribution in [3.63, 3.8) is 0 Å². The lowest BCUT2D eigenvalue weighted by Gasteiger charge is -2.20. The second kappa shape index (κ2) is 4.86. The van der Waals surface area contributed by atoms with Crippen LogP contribution in [0.4, 0.5) is 11.4 Å². The fraction of sp³-hybridized carbons (Fsp3) is 0.438. The van der Waals surface area contributed by atoms with Crippen LogP contribution in [0.1, 0.15) is 29.6 Å². The number of nitro groups is 1. The third-order valence-corrected chi connectivity index (χ3v) is 5.58. The van der Waals surface area contributed by atoms with Gasteiger partial charge < -0.3 is 9.90 Å². The van der Waals surface area contributed by atoms with E-state index in [0.717, 1.165) is 42.4 Å². The van der Waals surface area contributed by atoms with E-state index in [2.05, 4.69) is 0 Å². The molecule has 1 heterocycles. The van der Waals surface area contributed by atoms with Gasteiger partial charge in [-0.15, -0.1) is 0 Å². The minimum Gasteiger partial charge on any atom is -0.545 e. The van der Waals surface area contributed by atoms with Gasteiger partial charge in [0.15, 0.2) is 0 Å². The van der Waals surface area contributed by atoms with Crippen molar-refractivity contribution in [3.8, 4) is 0 Å². The molecule has 3 fully saturated rings. The third kappa shape index (κ3) is 1.82. The molecular weight excluding hydrogens is 316 g/mol. The second-order valence-electron chi connectivity index (χ2n) is 6.64. The molecule has 1 aromatic rings. The summed E-state index contributed by atoms with van der Waals surface area (Å²) in [6.45, 7) is 0. The molecule has 4 rings (SSSR count). The summed E-state index contributed by atoms with van der Waals surface area (Å²) in [5.74, 6) is -3.03. The Kier molecular flexibility index (Phi) is 3.00. The van der Waals surface area contributed by atoms with Gasteiger partial charge in [0, 0.05) is 17.7 Å². The van der Waals surface area contributed by atoms with Gasteiger partial charge in [0.25, 0.3) is 5.69 Å². The van der Waals surface area contributed by atoms with Crippen LogP contribution in [0, 0.1) is 33.8 Å². The fourth-order valence-corrected chi connectivity index (χ4v) is 4.64. The number of nitro benzene ring substituents is 1. The van der Waals surface area contributed by atoms with Crippen molar-refractivity contribution >= 4 is 29.2 Å². The predicted molar refractivity (Wildman–Crippen MR) is 77.7 cm³/mol. The average molecular weight is 329 g/mol. The van der Waals surface area contributed by atoms with Crippen molar-refractivity contribution in [1.82, 2.24) is 0 Å². The first-order valence-corrected chi connectivity index (χ1v) is 7.77. The molecule has 24 heavy (non-hydrogen) atoms. The van der Waals surface area contributed by atoms with Crippen LogP contribution in [-0.4, -0.2) is 22.7 Å². The van der Waals surface area contributed by atoms with E-state index in [1.54, 1.807) is 0 Å².